The minimum Gasteiger partial charge on any atom is -0.394 e. The normalized spacial score (nSPS) is 15.3. The monoisotopic (exact) mass is 376 g/mol. The van der Waals surface area contributed by atoms with Gasteiger partial charge in [-0.25, -0.2) is 0 Å². The maximum atomic E-state index is 9.41. The Labute approximate surface area is 164 Å². The number of aliphatic hydroxyl groups is 2. The molecule has 0 unspecified atom stereocenters. The molecule has 4 rings (SSSR count). The van der Waals surface area contributed by atoms with E-state index in [9.17, 15) is 10.2 Å². The molecule has 4 heteroatoms. The van der Waals surface area contributed by atoms with Crippen LogP contribution in [0.25, 0.3) is 22.4 Å². The van der Waals surface area contributed by atoms with Gasteiger partial charge in [-0.05, 0) is 26.8 Å². The third kappa shape index (κ3) is 3.36. The lowest BCUT2D eigenvalue weighted by molar-refractivity contribution is -0.200. The maximum absolute atomic E-state index is 9.41. The van der Waals surface area contributed by atoms with E-state index in [1.807, 2.05) is 30.3 Å². The van der Waals surface area contributed by atoms with Gasteiger partial charge in [0.05, 0.1) is 26.4 Å². The van der Waals surface area contributed by atoms with Gasteiger partial charge < -0.3 is 19.7 Å². The van der Waals surface area contributed by atoms with Gasteiger partial charge in [0.25, 0.3) is 0 Å². The Bertz CT molecular complexity index is 1070. The molecule has 0 radical (unpaired) electrons. The van der Waals surface area contributed by atoms with Gasteiger partial charge in [-0.2, -0.15) is 0 Å². The number of hydrogen-bond donors (Lipinski definition) is 2. The number of aliphatic hydroxyl groups excluding tert-OH is 2. The molecule has 0 heterocycles. The molecule has 0 fully saturated rings. The molecule has 1 aliphatic rings. The summed E-state index contributed by atoms with van der Waals surface area (Å²) >= 11 is 0. The zero-order valence-corrected chi connectivity index (χ0v) is 15.7. The Morgan fingerprint density at radius 1 is 0.786 bits per heavy atom. The molecule has 0 amide bonds. The summed E-state index contributed by atoms with van der Waals surface area (Å²) < 4.78 is 12.3. The largest absolute Gasteiger partial charge is 0.394 e. The Morgan fingerprint density at radius 3 is 2.25 bits per heavy atom. The molecule has 0 aromatic heterocycles. The van der Waals surface area contributed by atoms with Crippen molar-refractivity contribution in [1.82, 2.24) is 0 Å². The molecule has 0 spiro atoms. The first-order valence-corrected chi connectivity index (χ1v) is 9.57. The van der Waals surface area contributed by atoms with E-state index in [1.165, 1.54) is 0 Å². The van der Waals surface area contributed by atoms with Crippen LogP contribution in [0.15, 0.2) is 66.7 Å². The van der Waals surface area contributed by atoms with E-state index < -0.39 is 5.79 Å². The number of ether oxygens (including phenoxy) is 2. The second-order valence-electron chi connectivity index (χ2n) is 6.79. The van der Waals surface area contributed by atoms with Crippen LogP contribution in [0.3, 0.4) is 0 Å². The summed E-state index contributed by atoms with van der Waals surface area (Å²) in [5.74, 6) is -1.07. The van der Waals surface area contributed by atoms with Crippen LogP contribution in [0.5, 0.6) is 0 Å². The van der Waals surface area contributed by atoms with Crippen molar-refractivity contribution >= 4 is 22.4 Å². The minimum absolute atomic E-state index is 0.102. The number of fused-ring (bicyclic) bond motifs is 2. The highest BCUT2D eigenvalue weighted by Crippen LogP contribution is 2.37. The van der Waals surface area contributed by atoms with E-state index in [0.717, 1.165) is 32.3 Å². The second-order valence-corrected chi connectivity index (χ2v) is 6.79. The van der Waals surface area contributed by atoms with Crippen LogP contribution in [0.2, 0.25) is 0 Å². The highest BCUT2D eigenvalue weighted by atomic mass is 16.7. The van der Waals surface area contributed by atoms with Gasteiger partial charge in [0.15, 0.2) is 5.79 Å². The highest BCUT2D eigenvalue weighted by molar-refractivity contribution is 5.95. The molecular formula is C24H24O4. The van der Waals surface area contributed by atoms with Crippen molar-refractivity contribution in [3.05, 3.63) is 82.7 Å². The molecule has 2 N–H and O–H groups in total. The molecule has 0 saturated carbocycles. The third-order valence-electron chi connectivity index (χ3n) is 5.11. The van der Waals surface area contributed by atoms with Gasteiger partial charge in [0.2, 0.25) is 0 Å². The number of rotatable bonds is 7. The lowest BCUT2D eigenvalue weighted by atomic mass is 9.85. The topological polar surface area (TPSA) is 58.9 Å². The summed E-state index contributed by atoms with van der Waals surface area (Å²) in [4.78, 5) is 0. The molecule has 0 atom stereocenters. The molecular weight excluding hydrogens is 352 g/mol. The first-order valence-electron chi connectivity index (χ1n) is 9.57. The van der Waals surface area contributed by atoms with Crippen LogP contribution in [-0.2, 0) is 9.47 Å². The van der Waals surface area contributed by atoms with Crippen molar-refractivity contribution in [2.45, 2.75) is 12.2 Å². The predicted octanol–water partition coefficient (Wildman–Crippen LogP) is 1.94. The molecule has 28 heavy (non-hydrogen) atoms. The van der Waals surface area contributed by atoms with Crippen LogP contribution >= 0.6 is 0 Å². The van der Waals surface area contributed by atoms with Crippen molar-refractivity contribution < 1.29 is 19.7 Å². The fraction of sp³-hybridized carbons (Fsp3) is 0.250. The van der Waals surface area contributed by atoms with Crippen molar-refractivity contribution in [2.24, 2.45) is 0 Å². The van der Waals surface area contributed by atoms with Crippen molar-refractivity contribution in [2.75, 3.05) is 26.4 Å². The Balaban J connectivity index is 2.05. The van der Waals surface area contributed by atoms with E-state index in [-0.39, 0.29) is 26.4 Å². The molecule has 1 aliphatic carbocycles. The van der Waals surface area contributed by atoms with Gasteiger partial charge in [-0.3, -0.25) is 0 Å². The summed E-state index contributed by atoms with van der Waals surface area (Å²) in [6.07, 6.45) is 2.60. The van der Waals surface area contributed by atoms with Crippen LogP contribution in [0.1, 0.15) is 12.0 Å². The first kappa shape index (κ1) is 18.8. The van der Waals surface area contributed by atoms with Crippen LogP contribution in [0, 0.1) is 0 Å². The second kappa shape index (κ2) is 8.25. The standard InChI is InChI=1S/C24H24O4/c25-14-16-27-24(28-17-15-26)13-12-19-7-2-4-10-21(19)23(24)22-11-5-8-18-6-1-3-9-20(18)22/h1-12,25-26H,13-17H2. The van der Waals surface area contributed by atoms with Crippen LogP contribution in [0.4, 0.5) is 0 Å². The quantitative estimate of drug-likeness (QED) is 0.619. The van der Waals surface area contributed by atoms with Crippen molar-refractivity contribution in [1.29, 1.82) is 0 Å². The highest BCUT2D eigenvalue weighted by Gasteiger charge is 2.39. The van der Waals surface area contributed by atoms with Gasteiger partial charge in [0, 0.05) is 12.0 Å². The molecule has 0 bridgehead atoms. The molecule has 144 valence electrons. The third-order valence-corrected chi connectivity index (χ3v) is 5.11. The minimum atomic E-state index is -1.07. The van der Waals surface area contributed by atoms with Crippen molar-refractivity contribution in [3.63, 3.8) is 0 Å². The predicted molar refractivity (Wildman–Crippen MR) is 110 cm³/mol. The van der Waals surface area contributed by atoms with Crippen LogP contribution < -0.4 is 10.4 Å². The van der Waals surface area contributed by atoms with Gasteiger partial charge in [-0.1, -0.05) is 72.8 Å². The molecule has 4 nitrogen and oxygen atoms in total. The molecule has 0 saturated heterocycles. The summed E-state index contributed by atoms with van der Waals surface area (Å²) in [7, 11) is 0. The average Bonchev–Trinajstić information content (AvgIpc) is 2.76. The fourth-order valence-electron chi connectivity index (χ4n) is 3.97. The van der Waals surface area contributed by atoms with E-state index in [2.05, 4.69) is 42.5 Å². The zero-order valence-electron chi connectivity index (χ0n) is 15.7. The molecule has 3 aromatic rings. The van der Waals surface area contributed by atoms with Crippen molar-refractivity contribution in [3.8, 4) is 0 Å². The average molecular weight is 376 g/mol. The van der Waals surface area contributed by atoms with E-state index in [1.54, 1.807) is 0 Å². The Kier molecular flexibility index (Phi) is 5.55. The Hall–Kier alpha value is -2.50. The lowest BCUT2D eigenvalue weighted by Crippen LogP contribution is -2.48. The van der Waals surface area contributed by atoms with E-state index in [0.29, 0.717) is 6.42 Å². The smallest absolute Gasteiger partial charge is 0.199 e. The number of hydrogen-bond acceptors (Lipinski definition) is 4. The van der Waals surface area contributed by atoms with Gasteiger partial charge >= 0.3 is 0 Å². The van der Waals surface area contributed by atoms with Gasteiger partial charge in [0.1, 0.15) is 0 Å². The van der Waals surface area contributed by atoms with E-state index in [4.69, 9.17) is 9.47 Å². The SMILES string of the molecule is OCCOC1(OCCO)CC=c2ccccc2=C1c1cccc2ccccc12. The Morgan fingerprint density at radius 2 is 1.46 bits per heavy atom. The molecule has 0 aliphatic heterocycles. The fourth-order valence-corrected chi connectivity index (χ4v) is 3.97. The summed E-state index contributed by atoms with van der Waals surface area (Å²) in [6.45, 7) is 0.0921. The lowest BCUT2D eigenvalue weighted by Gasteiger charge is -2.37. The summed E-state index contributed by atoms with van der Waals surface area (Å²) in [6, 6.07) is 22.6. The number of benzene rings is 3. The summed E-state index contributed by atoms with van der Waals surface area (Å²) in [5.41, 5.74) is 1.97. The van der Waals surface area contributed by atoms with Crippen LogP contribution in [-0.4, -0.2) is 42.4 Å². The van der Waals surface area contributed by atoms with E-state index >= 15 is 0 Å². The maximum Gasteiger partial charge on any atom is 0.199 e. The molecule has 3 aromatic carbocycles. The zero-order chi connectivity index (χ0) is 19.4. The first-order chi connectivity index (χ1) is 13.8. The van der Waals surface area contributed by atoms with Gasteiger partial charge in [-0.15, -0.1) is 0 Å². The summed E-state index contributed by atoms with van der Waals surface area (Å²) in [5, 5.41) is 23.2.